The fourth-order valence-electron chi connectivity index (χ4n) is 2.08. The van der Waals surface area contributed by atoms with Crippen LogP contribution < -0.4 is 5.32 Å². The van der Waals surface area contributed by atoms with E-state index in [1.54, 1.807) is 29.5 Å². The summed E-state index contributed by atoms with van der Waals surface area (Å²) in [5.41, 5.74) is 0.848. The Labute approximate surface area is 135 Å². The standard InChI is InChI=1S/C15H12ClN3O2S/c1-2-10-7-11-12(18-15(16)19-13(11)22-10)17-9-5-3-4-8(6-9)14(20)21/h3-7H,2H2,1H3,(H,20,21)(H,17,18,19). The van der Waals surface area contributed by atoms with Crippen LogP contribution in [0.4, 0.5) is 11.5 Å². The van der Waals surface area contributed by atoms with E-state index in [0.717, 1.165) is 16.6 Å². The second-order valence-electron chi connectivity index (χ2n) is 4.64. The van der Waals surface area contributed by atoms with E-state index in [4.69, 9.17) is 16.7 Å². The quantitative estimate of drug-likeness (QED) is 0.694. The largest absolute Gasteiger partial charge is 0.478 e. The number of fused-ring (bicyclic) bond motifs is 1. The Morgan fingerprint density at radius 2 is 2.18 bits per heavy atom. The Balaban J connectivity index is 2.04. The van der Waals surface area contributed by atoms with Crippen molar-refractivity contribution in [1.29, 1.82) is 0 Å². The summed E-state index contributed by atoms with van der Waals surface area (Å²) < 4.78 is 0. The summed E-state index contributed by atoms with van der Waals surface area (Å²) in [6, 6.07) is 8.57. The topological polar surface area (TPSA) is 75.1 Å². The summed E-state index contributed by atoms with van der Waals surface area (Å²) in [7, 11) is 0. The molecule has 3 aromatic rings. The third-order valence-electron chi connectivity index (χ3n) is 3.14. The van der Waals surface area contributed by atoms with Crippen LogP contribution in [0, 0.1) is 0 Å². The lowest BCUT2D eigenvalue weighted by Gasteiger charge is -2.07. The number of carboxylic acids is 1. The Bertz CT molecular complexity index is 863. The SMILES string of the molecule is CCc1cc2c(Nc3cccc(C(=O)O)c3)nc(Cl)nc2s1. The molecule has 2 heterocycles. The molecule has 0 saturated carbocycles. The van der Waals surface area contributed by atoms with Crippen molar-refractivity contribution >= 4 is 50.6 Å². The molecule has 0 bridgehead atoms. The van der Waals surface area contributed by atoms with Gasteiger partial charge >= 0.3 is 5.97 Å². The lowest BCUT2D eigenvalue weighted by atomic mass is 10.2. The first-order valence-corrected chi connectivity index (χ1v) is 7.82. The van der Waals surface area contributed by atoms with Crippen molar-refractivity contribution < 1.29 is 9.90 Å². The summed E-state index contributed by atoms with van der Waals surface area (Å²) in [4.78, 5) is 21.5. The predicted molar refractivity (Wildman–Crippen MR) is 88.5 cm³/mol. The van der Waals surface area contributed by atoms with E-state index in [1.807, 2.05) is 6.07 Å². The number of hydrogen-bond donors (Lipinski definition) is 2. The zero-order valence-corrected chi connectivity index (χ0v) is 13.2. The maximum Gasteiger partial charge on any atom is 0.335 e. The number of carboxylic acid groups (broad SMARTS) is 1. The van der Waals surface area contributed by atoms with Crippen LogP contribution in [0.2, 0.25) is 5.28 Å². The molecule has 0 fully saturated rings. The Morgan fingerprint density at radius 3 is 2.91 bits per heavy atom. The van der Waals surface area contributed by atoms with E-state index < -0.39 is 5.97 Å². The van der Waals surface area contributed by atoms with Crippen molar-refractivity contribution in [2.75, 3.05) is 5.32 Å². The highest BCUT2D eigenvalue weighted by Crippen LogP contribution is 2.32. The molecule has 22 heavy (non-hydrogen) atoms. The second-order valence-corrected chi connectivity index (χ2v) is 6.09. The van der Waals surface area contributed by atoms with Gasteiger partial charge in [-0.1, -0.05) is 13.0 Å². The fourth-order valence-corrected chi connectivity index (χ4v) is 3.27. The number of halogens is 1. The maximum absolute atomic E-state index is 11.0. The Morgan fingerprint density at radius 1 is 1.36 bits per heavy atom. The van der Waals surface area contributed by atoms with Gasteiger partial charge in [0, 0.05) is 10.6 Å². The number of benzene rings is 1. The smallest absolute Gasteiger partial charge is 0.335 e. The van der Waals surface area contributed by atoms with Crippen LogP contribution >= 0.6 is 22.9 Å². The molecule has 0 atom stereocenters. The molecule has 1 aromatic carbocycles. The van der Waals surface area contributed by atoms with E-state index in [2.05, 4.69) is 22.2 Å². The minimum atomic E-state index is -0.974. The van der Waals surface area contributed by atoms with Crippen LogP contribution in [-0.2, 0) is 6.42 Å². The number of hydrogen-bond acceptors (Lipinski definition) is 5. The minimum Gasteiger partial charge on any atom is -0.478 e. The number of aromatic nitrogens is 2. The average molecular weight is 334 g/mol. The highest BCUT2D eigenvalue weighted by atomic mass is 35.5. The molecule has 0 radical (unpaired) electrons. The van der Waals surface area contributed by atoms with Crippen molar-refractivity contribution in [2.24, 2.45) is 0 Å². The minimum absolute atomic E-state index is 0.161. The second kappa shape index (κ2) is 5.90. The van der Waals surface area contributed by atoms with Crippen molar-refractivity contribution in [3.63, 3.8) is 0 Å². The first-order chi connectivity index (χ1) is 10.6. The number of thiophene rings is 1. The normalized spacial score (nSPS) is 10.8. The van der Waals surface area contributed by atoms with Crippen molar-refractivity contribution in [1.82, 2.24) is 9.97 Å². The molecule has 0 aliphatic carbocycles. The summed E-state index contributed by atoms with van der Waals surface area (Å²) in [6.45, 7) is 2.07. The summed E-state index contributed by atoms with van der Waals surface area (Å²) >= 11 is 7.55. The summed E-state index contributed by atoms with van der Waals surface area (Å²) in [6.07, 6.45) is 0.909. The van der Waals surface area contributed by atoms with Gasteiger partial charge in [0.15, 0.2) is 0 Å². The molecule has 7 heteroatoms. The van der Waals surface area contributed by atoms with Crippen molar-refractivity contribution in [3.05, 3.63) is 46.1 Å². The molecule has 0 unspecified atom stereocenters. The zero-order chi connectivity index (χ0) is 15.7. The monoisotopic (exact) mass is 333 g/mol. The highest BCUT2D eigenvalue weighted by molar-refractivity contribution is 7.18. The van der Waals surface area contributed by atoms with E-state index in [9.17, 15) is 4.79 Å². The van der Waals surface area contributed by atoms with E-state index >= 15 is 0 Å². The number of aromatic carboxylic acids is 1. The van der Waals surface area contributed by atoms with Gasteiger partial charge < -0.3 is 10.4 Å². The van der Waals surface area contributed by atoms with E-state index in [1.165, 1.54) is 10.9 Å². The maximum atomic E-state index is 11.0. The van der Waals surface area contributed by atoms with Crippen LogP contribution in [0.25, 0.3) is 10.2 Å². The van der Waals surface area contributed by atoms with E-state index in [0.29, 0.717) is 11.5 Å². The van der Waals surface area contributed by atoms with Crippen molar-refractivity contribution in [3.8, 4) is 0 Å². The van der Waals surface area contributed by atoms with Gasteiger partial charge in [-0.3, -0.25) is 0 Å². The molecule has 0 amide bonds. The third-order valence-corrected chi connectivity index (χ3v) is 4.48. The lowest BCUT2D eigenvalue weighted by Crippen LogP contribution is -1.99. The number of aryl methyl sites for hydroxylation is 1. The molecule has 0 aliphatic heterocycles. The molecule has 0 aliphatic rings. The zero-order valence-electron chi connectivity index (χ0n) is 11.6. The molecule has 0 spiro atoms. The van der Waals surface area contributed by atoms with Gasteiger partial charge in [-0.25, -0.2) is 9.78 Å². The number of carbonyl (C=O) groups is 1. The lowest BCUT2D eigenvalue weighted by molar-refractivity contribution is 0.0697. The third kappa shape index (κ3) is 2.88. The molecule has 112 valence electrons. The molecule has 3 rings (SSSR count). The van der Waals surface area contributed by atoms with E-state index in [-0.39, 0.29) is 10.8 Å². The van der Waals surface area contributed by atoms with Crippen molar-refractivity contribution in [2.45, 2.75) is 13.3 Å². The summed E-state index contributed by atoms with van der Waals surface area (Å²) in [5, 5.41) is 13.2. The van der Waals surface area contributed by atoms with Gasteiger partial charge in [0.2, 0.25) is 5.28 Å². The first kappa shape index (κ1) is 14.7. The van der Waals surface area contributed by atoms with Gasteiger partial charge in [0.25, 0.3) is 0 Å². The molecule has 5 nitrogen and oxygen atoms in total. The van der Waals surface area contributed by atoms with Crippen LogP contribution in [0.5, 0.6) is 0 Å². The first-order valence-electron chi connectivity index (χ1n) is 6.63. The van der Waals surface area contributed by atoms with Crippen LogP contribution in [0.3, 0.4) is 0 Å². The predicted octanol–water partition coefficient (Wildman–Crippen LogP) is 4.35. The number of nitrogens with zero attached hydrogens (tertiary/aromatic N) is 2. The molecular formula is C15H12ClN3O2S. The number of rotatable bonds is 4. The van der Waals surface area contributed by atoms with Gasteiger partial charge in [-0.2, -0.15) is 4.98 Å². The van der Waals surface area contributed by atoms with Gasteiger partial charge in [-0.05, 0) is 42.3 Å². The average Bonchev–Trinajstić information content (AvgIpc) is 2.90. The summed E-state index contributed by atoms with van der Waals surface area (Å²) in [5.74, 6) is -0.396. The highest BCUT2D eigenvalue weighted by Gasteiger charge is 2.11. The number of anilines is 2. The number of nitrogens with one attached hydrogen (secondary N) is 1. The van der Waals surface area contributed by atoms with Crippen LogP contribution in [0.1, 0.15) is 22.2 Å². The van der Waals surface area contributed by atoms with Crippen LogP contribution in [0.15, 0.2) is 30.3 Å². The molecule has 0 saturated heterocycles. The van der Waals surface area contributed by atoms with Gasteiger partial charge in [0.05, 0.1) is 10.9 Å². The Hall–Kier alpha value is -2.18. The fraction of sp³-hybridized carbons (Fsp3) is 0.133. The van der Waals surface area contributed by atoms with Gasteiger partial charge in [-0.15, -0.1) is 11.3 Å². The molecular weight excluding hydrogens is 322 g/mol. The molecule has 2 aromatic heterocycles. The van der Waals surface area contributed by atoms with Crippen LogP contribution in [-0.4, -0.2) is 21.0 Å². The van der Waals surface area contributed by atoms with Gasteiger partial charge in [0.1, 0.15) is 10.6 Å². The Kier molecular flexibility index (Phi) is 3.96. The molecule has 2 N–H and O–H groups in total.